The molecule has 1 aliphatic heterocycles. The van der Waals surface area contributed by atoms with Crippen LogP contribution >= 0.6 is 27.5 Å². The van der Waals surface area contributed by atoms with Gasteiger partial charge >= 0.3 is 0 Å². The molecule has 3 rings (SSSR count). The molecule has 120 valence electrons. The zero-order valence-corrected chi connectivity index (χ0v) is 14.9. The fourth-order valence-electron chi connectivity index (χ4n) is 2.62. The van der Waals surface area contributed by atoms with E-state index >= 15 is 0 Å². The fraction of sp³-hybridized carbons (Fsp3) is 0.235. The number of anilines is 1. The molecule has 0 saturated carbocycles. The predicted molar refractivity (Wildman–Crippen MR) is 95.5 cm³/mol. The molecule has 0 fully saturated rings. The Hall–Kier alpha value is -1.56. The fourth-order valence-corrected chi connectivity index (χ4v) is 3.46. The molecule has 6 heteroatoms. The highest BCUT2D eigenvalue weighted by Gasteiger charge is 2.17. The molecule has 0 aromatic heterocycles. The first-order chi connectivity index (χ1) is 11.1. The lowest BCUT2D eigenvalue weighted by molar-refractivity contribution is 0.102. The average molecular weight is 396 g/mol. The number of amides is 1. The summed E-state index contributed by atoms with van der Waals surface area (Å²) in [6.07, 6.45) is 0.953. The van der Waals surface area contributed by atoms with Gasteiger partial charge in [-0.1, -0.05) is 17.7 Å². The van der Waals surface area contributed by atoms with Crippen molar-refractivity contribution >= 4 is 39.1 Å². The maximum atomic E-state index is 12.4. The van der Waals surface area contributed by atoms with E-state index in [0.29, 0.717) is 22.0 Å². The minimum Gasteiger partial charge on any atom is -0.496 e. The number of carbonyl (C=O) groups is 1. The summed E-state index contributed by atoms with van der Waals surface area (Å²) in [5.74, 6) is 0.471. The first-order valence-corrected chi connectivity index (χ1v) is 8.43. The van der Waals surface area contributed by atoms with E-state index < -0.39 is 0 Å². The number of fused-ring (bicyclic) bond motifs is 1. The number of hydrogen-bond donors (Lipinski definition) is 2. The Morgan fingerprint density at radius 2 is 2.17 bits per heavy atom. The summed E-state index contributed by atoms with van der Waals surface area (Å²) in [6.45, 7) is 1.68. The minimum absolute atomic E-state index is 0.209. The summed E-state index contributed by atoms with van der Waals surface area (Å²) in [6, 6.07) is 9.08. The van der Waals surface area contributed by atoms with Crippen molar-refractivity contribution in [2.24, 2.45) is 0 Å². The van der Waals surface area contributed by atoms with Gasteiger partial charge in [0.15, 0.2) is 0 Å². The Morgan fingerprint density at radius 1 is 1.35 bits per heavy atom. The molecule has 4 nitrogen and oxygen atoms in total. The normalized spacial score (nSPS) is 13.3. The van der Waals surface area contributed by atoms with Crippen molar-refractivity contribution in [3.05, 3.63) is 56.5 Å². The molecule has 2 N–H and O–H groups in total. The van der Waals surface area contributed by atoms with Gasteiger partial charge < -0.3 is 15.4 Å². The number of ether oxygens (including phenoxy) is 1. The highest BCUT2D eigenvalue weighted by atomic mass is 79.9. The molecule has 0 bridgehead atoms. The Labute approximate surface area is 148 Å². The first kappa shape index (κ1) is 16.3. The third-order valence-corrected chi connectivity index (χ3v) is 4.93. The standard InChI is InChI=1S/C17H16BrClN2O2/c1-23-15-5-3-11(8-13(15)18)17(22)21-14-4-2-10-6-7-20-9-12(10)16(14)19/h2-5,8,20H,6-7,9H2,1H3,(H,21,22). The second-order valence-electron chi connectivity index (χ2n) is 5.30. The largest absolute Gasteiger partial charge is 0.496 e. The molecular formula is C17H16BrClN2O2. The van der Waals surface area contributed by atoms with Crippen LogP contribution < -0.4 is 15.4 Å². The first-order valence-electron chi connectivity index (χ1n) is 7.26. The van der Waals surface area contributed by atoms with Crippen molar-refractivity contribution < 1.29 is 9.53 Å². The van der Waals surface area contributed by atoms with Crippen LogP contribution in [-0.4, -0.2) is 19.6 Å². The van der Waals surface area contributed by atoms with Crippen molar-refractivity contribution in [2.45, 2.75) is 13.0 Å². The smallest absolute Gasteiger partial charge is 0.255 e. The van der Waals surface area contributed by atoms with Gasteiger partial charge in [-0.05, 0) is 64.3 Å². The van der Waals surface area contributed by atoms with Crippen molar-refractivity contribution in [2.75, 3.05) is 19.0 Å². The van der Waals surface area contributed by atoms with E-state index in [4.69, 9.17) is 16.3 Å². The highest BCUT2D eigenvalue weighted by Crippen LogP contribution is 2.31. The topological polar surface area (TPSA) is 50.4 Å². The van der Waals surface area contributed by atoms with E-state index in [9.17, 15) is 4.79 Å². The molecule has 1 amide bonds. The molecule has 0 aliphatic carbocycles. The lowest BCUT2D eigenvalue weighted by atomic mass is 10.00. The molecule has 0 atom stereocenters. The van der Waals surface area contributed by atoms with Gasteiger partial charge in [-0.25, -0.2) is 0 Å². The maximum absolute atomic E-state index is 12.4. The third kappa shape index (κ3) is 3.37. The molecule has 23 heavy (non-hydrogen) atoms. The molecule has 0 radical (unpaired) electrons. The number of hydrogen-bond acceptors (Lipinski definition) is 3. The van der Waals surface area contributed by atoms with Crippen molar-refractivity contribution in [3.8, 4) is 5.75 Å². The predicted octanol–water partition coefficient (Wildman–Crippen LogP) is 4.01. The van der Waals surface area contributed by atoms with Crippen LogP contribution in [0.2, 0.25) is 5.02 Å². The third-order valence-electron chi connectivity index (χ3n) is 3.88. The zero-order valence-electron chi connectivity index (χ0n) is 12.6. The number of carbonyl (C=O) groups excluding carboxylic acids is 1. The van der Waals surface area contributed by atoms with Gasteiger partial charge in [-0.2, -0.15) is 0 Å². The van der Waals surface area contributed by atoms with Crippen LogP contribution in [0.1, 0.15) is 21.5 Å². The summed E-state index contributed by atoms with van der Waals surface area (Å²) in [4.78, 5) is 12.4. The van der Waals surface area contributed by atoms with E-state index in [1.165, 1.54) is 5.56 Å². The minimum atomic E-state index is -0.209. The molecule has 1 aliphatic rings. The molecule has 0 saturated heterocycles. The van der Waals surface area contributed by atoms with Gasteiger partial charge in [-0.15, -0.1) is 0 Å². The van der Waals surface area contributed by atoms with E-state index in [-0.39, 0.29) is 5.91 Å². The SMILES string of the molecule is COc1ccc(C(=O)Nc2ccc3c(c2Cl)CNCC3)cc1Br. The summed E-state index contributed by atoms with van der Waals surface area (Å²) in [7, 11) is 1.58. The Morgan fingerprint density at radius 3 is 2.91 bits per heavy atom. The van der Waals surface area contributed by atoms with Crippen molar-refractivity contribution in [1.29, 1.82) is 0 Å². The van der Waals surface area contributed by atoms with Crippen LogP contribution in [0.3, 0.4) is 0 Å². The maximum Gasteiger partial charge on any atom is 0.255 e. The molecule has 2 aromatic rings. The Balaban J connectivity index is 1.84. The molecular weight excluding hydrogens is 380 g/mol. The summed E-state index contributed by atoms with van der Waals surface area (Å²) in [5, 5.41) is 6.78. The Bertz CT molecular complexity index is 764. The zero-order chi connectivity index (χ0) is 16.4. The lowest BCUT2D eigenvalue weighted by Crippen LogP contribution is -2.24. The highest BCUT2D eigenvalue weighted by molar-refractivity contribution is 9.10. The van der Waals surface area contributed by atoms with Gasteiger partial charge in [0.25, 0.3) is 5.91 Å². The molecule has 2 aromatic carbocycles. The van der Waals surface area contributed by atoms with Crippen molar-refractivity contribution in [1.82, 2.24) is 5.32 Å². The number of benzene rings is 2. The number of halogens is 2. The lowest BCUT2D eigenvalue weighted by Gasteiger charge is -2.20. The second kappa shape index (κ2) is 6.91. The molecule has 1 heterocycles. The van der Waals surface area contributed by atoms with Gasteiger partial charge in [0.1, 0.15) is 5.75 Å². The van der Waals surface area contributed by atoms with Crippen LogP contribution in [0.4, 0.5) is 5.69 Å². The van der Waals surface area contributed by atoms with Gasteiger partial charge in [0.05, 0.1) is 22.3 Å². The quantitative estimate of drug-likeness (QED) is 0.825. The van der Waals surface area contributed by atoms with Gasteiger partial charge in [0, 0.05) is 12.1 Å². The van der Waals surface area contributed by atoms with Crippen LogP contribution in [-0.2, 0) is 13.0 Å². The number of rotatable bonds is 3. The van der Waals surface area contributed by atoms with Gasteiger partial charge in [-0.3, -0.25) is 4.79 Å². The summed E-state index contributed by atoms with van der Waals surface area (Å²) in [5.41, 5.74) is 3.46. The van der Waals surface area contributed by atoms with Crippen LogP contribution in [0.25, 0.3) is 0 Å². The molecule has 0 spiro atoms. The van der Waals surface area contributed by atoms with E-state index in [2.05, 4.69) is 26.6 Å². The van der Waals surface area contributed by atoms with E-state index in [1.54, 1.807) is 25.3 Å². The van der Waals surface area contributed by atoms with Crippen molar-refractivity contribution in [3.63, 3.8) is 0 Å². The van der Waals surface area contributed by atoms with Crippen LogP contribution in [0.15, 0.2) is 34.8 Å². The summed E-state index contributed by atoms with van der Waals surface area (Å²) < 4.78 is 5.90. The van der Waals surface area contributed by atoms with Crippen LogP contribution in [0, 0.1) is 0 Å². The van der Waals surface area contributed by atoms with E-state index in [1.807, 2.05) is 12.1 Å². The van der Waals surface area contributed by atoms with Gasteiger partial charge in [0.2, 0.25) is 0 Å². The Kier molecular flexibility index (Phi) is 4.90. The number of nitrogens with one attached hydrogen (secondary N) is 2. The van der Waals surface area contributed by atoms with Crippen LogP contribution in [0.5, 0.6) is 5.75 Å². The number of methoxy groups -OCH3 is 1. The average Bonchev–Trinajstić information content (AvgIpc) is 2.57. The second-order valence-corrected chi connectivity index (χ2v) is 6.53. The summed E-state index contributed by atoms with van der Waals surface area (Å²) >= 11 is 9.84. The monoisotopic (exact) mass is 394 g/mol. The van der Waals surface area contributed by atoms with E-state index in [0.717, 1.165) is 29.5 Å². The molecule has 0 unspecified atom stereocenters.